The monoisotopic (exact) mass is 487 g/mol. The van der Waals surface area contributed by atoms with Crippen LogP contribution in [0.4, 0.5) is 15.8 Å². The van der Waals surface area contributed by atoms with Gasteiger partial charge in [-0.15, -0.1) is 0 Å². The summed E-state index contributed by atoms with van der Waals surface area (Å²) in [6, 6.07) is 11.4. The quantitative estimate of drug-likeness (QED) is 0.626. The van der Waals surface area contributed by atoms with Crippen LogP contribution in [0.3, 0.4) is 0 Å². The van der Waals surface area contributed by atoms with Gasteiger partial charge in [-0.05, 0) is 49.2 Å². The highest BCUT2D eigenvalue weighted by Crippen LogP contribution is 2.34. The van der Waals surface area contributed by atoms with E-state index in [-0.39, 0.29) is 40.7 Å². The summed E-state index contributed by atoms with van der Waals surface area (Å²) in [5.74, 6) is -0.765. The Balaban J connectivity index is 1.36. The zero-order chi connectivity index (χ0) is 24.5. The Kier molecular flexibility index (Phi) is 6.93. The molecule has 0 N–H and O–H groups in total. The molecule has 1 fully saturated rings. The molecule has 34 heavy (non-hydrogen) atoms. The van der Waals surface area contributed by atoms with Crippen LogP contribution in [0, 0.1) is 5.82 Å². The average Bonchev–Trinajstić information content (AvgIpc) is 3.17. The molecular weight excluding hydrogens is 457 g/mol. The summed E-state index contributed by atoms with van der Waals surface area (Å²) in [7, 11) is -3.65. The number of amides is 2. The highest BCUT2D eigenvalue weighted by molar-refractivity contribution is 7.91. The largest absolute Gasteiger partial charge is 0.366 e. The number of rotatable bonds is 6. The van der Waals surface area contributed by atoms with Crippen LogP contribution in [0.15, 0.2) is 47.4 Å². The van der Waals surface area contributed by atoms with E-state index in [0.29, 0.717) is 44.7 Å². The minimum absolute atomic E-state index is 0.00925. The molecule has 0 aliphatic carbocycles. The molecule has 2 amide bonds. The van der Waals surface area contributed by atoms with Gasteiger partial charge in [0, 0.05) is 50.7 Å². The van der Waals surface area contributed by atoms with E-state index in [9.17, 15) is 22.4 Å². The molecular formula is C25H30FN3O4S. The lowest BCUT2D eigenvalue weighted by Gasteiger charge is -2.36. The summed E-state index contributed by atoms with van der Waals surface area (Å²) in [6.45, 7) is 5.59. The number of sulfone groups is 1. The lowest BCUT2D eigenvalue weighted by Crippen LogP contribution is -2.49. The van der Waals surface area contributed by atoms with Crippen LogP contribution in [-0.2, 0) is 25.8 Å². The Hall–Kier alpha value is -2.94. The molecule has 0 unspecified atom stereocenters. The van der Waals surface area contributed by atoms with Gasteiger partial charge in [-0.1, -0.05) is 19.1 Å². The zero-order valence-corrected chi connectivity index (χ0v) is 20.4. The molecule has 7 nitrogen and oxygen atoms in total. The molecule has 9 heteroatoms. The van der Waals surface area contributed by atoms with Gasteiger partial charge in [0.15, 0.2) is 9.84 Å². The van der Waals surface area contributed by atoms with Crippen LogP contribution < -0.4 is 9.80 Å². The molecule has 2 aliphatic heterocycles. The maximum Gasteiger partial charge on any atom is 0.226 e. The van der Waals surface area contributed by atoms with Crippen molar-refractivity contribution in [2.24, 2.45) is 0 Å². The number of hydrogen-bond donors (Lipinski definition) is 0. The van der Waals surface area contributed by atoms with E-state index >= 15 is 0 Å². The topological polar surface area (TPSA) is 78.0 Å². The number of piperazine rings is 1. The highest BCUT2D eigenvalue weighted by atomic mass is 32.2. The van der Waals surface area contributed by atoms with Crippen molar-refractivity contribution in [1.82, 2.24) is 4.90 Å². The summed E-state index contributed by atoms with van der Waals surface area (Å²) in [4.78, 5) is 30.4. The van der Waals surface area contributed by atoms with Gasteiger partial charge in [-0.2, -0.15) is 0 Å². The molecule has 2 aromatic carbocycles. The van der Waals surface area contributed by atoms with Crippen molar-refractivity contribution in [3.8, 4) is 0 Å². The third-order valence-electron chi connectivity index (χ3n) is 6.61. The highest BCUT2D eigenvalue weighted by Gasteiger charge is 2.31. The number of fused-ring (bicyclic) bond motifs is 1. The van der Waals surface area contributed by atoms with E-state index in [2.05, 4.69) is 0 Å². The Morgan fingerprint density at radius 2 is 1.71 bits per heavy atom. The van der Waals surface area contributed by atoms with Crippen molar-refractivity contribution in [2.45, 2.75) is 44.0 Å². The Morgan fingerprint density at radius 1 is 1.00 bits per heavy atom. The van der Waals surface area contributed by atoms with Crippen molar-refractivity contribution in [2.75, 3.05) is 41.7 Å². The first-order valence-corrected chi connectivity index (χ1v) is 13.3. The molecule has 4 rings (SSSR count). The second kappa shape index (κ2) is 9.74. The fraction of sp³-hybridized carbons (Fsp3) is 0.440. The van der Waals surface area contributed by atoms with Gasteiger partial charge in [0.25, 0.3) is 0 Å². The predicted octanol–water partition coefficient (Wildman–Crippen LogP) is 3.03. The van der Waals surface area contributed by atoms with Gasteiger partial charge in [-0.3, -0.25) is 9.59 Å². The molecule has 1 atom stereocenters. The van der Waals surface area contributed by atoms with Crippen molar-refractivity contribution in [1.29, 1.82) is 0 Å². The van der Waals surface area contributed by atoms with Gasteiger partial charge in [0.2, 0.25) is 11.8 Å². The van der Waals surface area contributed by atoms with Crippen molar-refractivity contribution in [3.05, 3.63) is 53.8 Å². The predicted molar refractivity (Wildman–Crippen MR) is 129 cm³/mol. The molecule has 0 radical (unpaired) electrons. The van der Waals surface area contributed by atoms with Crippen LogP contribution >= 0.6 is 0 Å². The Morgan fingerprint density at radius 3 is 2.38 bits per heavy atom. The second-order valence-corrected chi connectivity index (χ2v) is 11.0. The van der Waals surface area contributed by atoms with E-state index in [0.717, 1.165) is 11.3 Å². The van der Waals surface area contributed by atoms with Gasteiger partial charge in [-0.25, -0.2) is 12.8 Å². The van der Waals surface area contributed by atoms with Gasteiger partial charge < -0.3 is 14.7 Å². The fourth-order valence-electron chi connectivity index (χ4n) is 4.75. The van der Waals surface area contributed by atoms with Crippen LogP contribution in [0.5, 0.6) is 0 Å². The number of nitrogens with zero attached hydrogens (tertiary/aromatic N) is 3. The molecule has 0 bridgehead atoms. The van der Waals surface area contributed by atoms with Crippen LogP contribution in [0.1, 0.15) is 32.3 Å². The van der Waals surface area contributed by atoms with E-state index in [1.807, 2.05) is 18.7 Å². The molecule has 2 aromatic rings. The van der Waals surface area contributed by atoms with Crippen molar-refractivity contribution >= 4 is 33.0 Å². The minimum Gasteiger partial charge on any atom is -0.366 e. The molecule has 182 valence electrons. The molecule has 2 heterocycles. The Bertz CT molecular complexity index is 1190. The number of anilines is 2. The van der Waals surface area contributed by atoms with Crippen molar-refractivity contribution in [3.63, 3.8) is 0 Å². The molecule has 0 aromatic heterocycles. The summed E-state index contributed by atoms with van der Waals surface area (Å²) < 4.78 is 39.9. The first kappa shape index (κ1) is 24.2. The van der Waals surface area contributed by atoms with E-state index < -0.39 is 9.84 Å². The van der Waals surface area contributed by atoms with E-state index in [1.165, 1.54) is 12.1 Å². The van der Waals surface area contributed by atoms with E-state index in [1.54, 1.807) is 40.1 Å². The maximum atomic E-state index is 14.0. The lowest BCUT2D eigenvalue weighted by molar-refractivity contribution is -0.131. The number of carbonyl (C=O) groups excluding carboxylic acids is 2. The summed E-state index contributed by atoms with van der Waals surface area (Å²) >= 11 is 0. The molecule has 1 saturated heterocycles. The number of para-hydroxylation sites is 1. The number of halogens is 1. The van der Waals surface area contributed by atoms with Gasteiger partial charge >= 0.3 is 0 Å². The van der Waals surface area contributed by atoms with Crippen LogP contribution in [0.25, 0.3) is 0 Å². The fourth-order valence-corrected chi connectivity index (χ4v) is 6.03. The van der Waals surface area contributed by atoms with Crippen molar-refractivity contribution < 1.29 is 22.4 Å². The first-order valence-electron chi connectivity index (χ1n) is 11.7. The van der Waals surface area contributed by atoms with Gasteiger partial charge in [0.05, 0.1) is 16.3 Å². The molecule has 0 saturated carbocycles. The third-order valence-corrected chi connectivity index (χ3v) is 8.32. The average molecular weight is 488 g/mol. The number of benzene rings is 2. The third kappa shape index (κ3) is 4.80. The summed E-state index contributed by atoms with van der Waals surface area (Å²) in [5, 5.41) is 0. The number of carbonyl (C=O) groups is 2. The van der Waals surface area contributed by atoms with Gasteiger partial charge in [0.1, 0.15) is 5.82 Å². The normalized spacial score (nSPS) is 18.2. The summed E-state index contributed by atoms with van der Waals surface area (Å²) in [6.07, 6.45) is 0.895. The lowest BCUT2D eigenvalue weighted by atomic mass is 10.1. The Labute approximate surface area is 200 Å². The second-order valence-electron chi connectivity index (χ2n) is 8.85. The molecule has 0 spiro atoms. The minimum atomic E-state index is -3.65. The smallest absolute Gasteiger partial charge is 0.226 e. The molecule has 2 aliphatic rings. The van der Waals surface area contributed by atoms with E-state index in [4.69, 9.17) is 0 Å². The van der Waals surface area contributed by atoms with Crippen LogP contribution in [0.2, 0.25) is 0 Å². The standard InChI is InChI=1S/C25H30FN3O4S/c1-3-24(30)29-18(2)16-19-17-20(8-9-22(19)29)34(32,33)15-10-25(31)28-13-11-27(12-14-28)23-7-5-4-6-21(23)26/h4-9,17-18H,3,10-16H2,1-2H3/t18-/m0/s1. The zero-order valence-electron chi connectivity index (χ0n) is 19.5. The maximum absolute atomic E-state index is 14.0. The summed E-state index contributed by atoms with van der Waals surface area (Å²) in [5.41, 5.74) is 2.12. The van der Waals surface area contributed by atoms with Crippen LogP contribution in [-0.4, -0.2) is 63.1 Å². The number of hydrogen-bond acceptors (Lipinski definition) is 5. The first-order chi connectivity index (χ1) is 16.2. The SMILES string of the molecule is CCC(=O)N1c2ccc(S(=O)(=O)CCC(=O)N3CCN(c4ccccc4F)CC3)cc2C[C@@H]1C.